The number of aryl methyl sites for hydroxylation is 1. The van der Waals surface area contributed by atoms with Gasteiger partial charge in [0.25, 0.3) is 0 Å². The fraction of sp³-hybridized carbons (Fsp3) is 0.286. The lowest BCUT2D eigenvalue weighted by molar-refractivity contribution is 0.612. The van der Waals surface area contributed by atoms with E-state index in [2.05, 4.69) is 37.9 Å². The van der Waals surface area contributed by atoms with Crippen molar-refractivity contribution < 1.29 is 4.39 Å². The molecule has 106 valence electrons. The molecule has 0 bridgehead atoms. The molecule has 0 spiro atoms. The van der Waals surface area contributed by atoms with Gasteiger partial charge in [-0.05, 0) is 40.6 Å². The van der Waals surface area contributed by atoms with Gasteiger partial charge in [0.2, 0.25) is 0 Å². The summed E-state index contributed by atoms with van der Waals surface area (Å²) in [5.41, 5.74) is 1.46. The molecule has 20 heavy (non-hydrogen) atoms. The maximum atomic E-state index is 13.9. The Morgan fingerprint density at radius 2 is 2.10 bits per heavy atom. The van der Waals surface area contributed by atoms with E-state index in [1.807, 2.05) is 14.0 Å². The Hall–Kier alpha value is -0.950. The minimum atomic E-state index is -0.402. The van der Waals surface area contributed by atoms with Crippen molar-refractivity contribution in [2.45, 2.75) is 19.8 Å². The molecule has 0 amide bonds. The third-order valence-electron chi connectivity index (χ3n) is 2.92. The Morgan fingerprint density at radius 3 is 2.75 bits per heavy atom. The molecule has 0 unspecified atom stereocenters. The molecule has 1 aromatic carbocycles. The summed E-state index contributed by atoms with van der Waals surface area (Å²) < 4.78 is 14.9. The van der Waals surface area contributed by atoms with Crippen molar-refractivity contribution in [2.75, 3.05) is 12.4 Å². The largest absolute Gasteiger partial charge is 0.372 e. The predicted molar refractivity (Wildman–Crippen MR) is 87.9 cm³/mol. The lowest BCUT2D eigenvalue weighted by Gasteiger charge is -2.10. The quantitative estimate of drug-likeness (QED) is 0.779. The third-order valence-corrected chi connectivity index (χ3v) is 4.34. The highest BCUT2D eigenvalue weighted by Gasteiger charge is 2.13. The highest BCUT2D eigenvalue weighted by atomic mass is 127. The molecule has 1 heterocycles. The van der Waals surface area contributed by atoms with Crippen LogP contribution in [0.5, 0.6) is 0 Å². The summed E-state index contributed by atoms with van der Waals surface area (Å²) in [7, 11) is 1.81. The molecule has 1 aromatic heterocycles. The fourth-order valence-electron chi connectivity index (χ4n) is 1.88. The zero-order chi connectivity index (χ0) is 14.7. The molecule has 0 saturated carbocycles. The number of nitrogens with one attached hydrogen (secondary N) is 1. The lowest BCUT2D eigenvalue weighted by atomic mass is 10.1. The van der Waals surface area contributed by atoms with Gasteiger partial charge in [-0.3, -0.25) is 0 Å². The Balaban J connectivity index is 2.41. The summed E-state index contributed by atoms with van der Waals surface area (Å²) in [6.07, 6.45) is 1.13. The van der Waals surface area contributed by atoms with Gasteiger partial charge in [-0.2, -0.15) is 0 Å². The Bertz CT molecular complexity index is 609. The first-order valence-electron chi connectivity index (χ1n) is 6.22. The van der Waals surface area contributed by atoms with Crippen molar-refractivity contribution in [2.24, 2.45) is 0 Å². The summed E-state index contributed by atoms with van der Waals surface area (Å²) in [4.78, 5) is 8.92. The Kier molecular flexibility index (Phi) is 5.15. The van der Waals surface area contributed by atoms with Gasteiger partial charge in [0.15, 0.2) is 0 Å². The number of benzene rings is 1. The number of halogens is 3. The SMILES string of the molecule is CCc1nc(Cc2cccc(Cl)c2F)nc(NC)c1I. The maximum absolute atomic E-state index is 13.9. The van der Waals surface area contributed by atoms with E-state index in [1.165, 1.54) is 6.07 Å². The number of rotatable bonds is 4. The van der Waals surface area contributed by atoms with Crippen LogP contribution in [0.25, 0.3) is 0 Å². The summed E-state index contributed by atoms with van der Waals surface area (Å²) in [5.74, 6) is 0.961. The zero-order valence-electron chi connectivity index (χ0n) is 11.2. The molecule has 0 aliphatic carbocycles. The monoisotopic (exact) mass is 405 g/mol. The van der Waals surface area contributed by atoms with E-state index in [0.29, 0.717) is 17.8 Å². The van der Waals surface area contributed by atoms with Gasteiger partial charge in [0, 0.05) is 13.5 Å². The minimum Gasteiger partial charge on any atom is -0.372 e. The normalized spacial score (nSPS) is 10.7. The molecular weight excluding hydrogens is 392 g/mol. The van der Waals surface area contributed by atoms with Crippen molar-refractivity contribution in [1.82, 2.24) is 9.97 Å². The summed E-state index contributed by atoms with van der Waals surface area (Å²) in [6, 6.07) is 4.96. The van der Waals surface area contributed by atoms with Crippen molar-refractivity contribution in [3.05, 3.63) is 49.7 Å². The third kappa shape index (κ3) is 3.20. The van der Waals surface area contributed by atoms with E-state index < -0.39 is 5.82 Å². The molecule has 0 atom stereocenters. The Labute approximate surface area is 136 Å². The van der Waals surface area contributed by atoms with Gasteiger partial charge in [0.05, 0.1) is 14.3 Å². The second-order valence-electron chi connectivity index (χ2n) is 4.24. The van der Waals surface area contributed by atoms with E-state index in [9.17, 15) is 4.39 Å². The van der Waals surface area contributed by atoms with E-state index in [-0.39, 0.29) is 5.02 Å². The highest BCUT2D eigenvalue weighted by Crippen LogP contribution is 2.23. The molecule has 0 saturated heterocycles. The zero-order valence-corrected chi connectivity index (χ0v) is 14.1. The van der Waals surface area contributed by atoms with Gasteiger partial charge in [-0.25, -0.2) is 14.4 Å². The first-order chi connectivity index (χ1) is 9.56. The van der Waals surface area contributed by atoms with Crippen LogP contribution in [-0.2, 0) is 12.8 Å². The molecule has 2 rings (SSSR count). The second-order valence-corrected chi connectivity index (χ2v) is 5.73. The van der Waals surface area contributed by atoms with Gasteiger partial charge in [-0.15, -0.1) is 0 Å². The molecule has 3 nitrogen and oxygen atoms in total. The van der Waals surface area contributed by atoms with E-state index in [4.69, 9.17) is 11.6 Å². The van der Waals surface area contributed by atoms with Crippen LogP contribution < -0.4 is 5.32 Å². The number of hydrogen-bond donors (Lipinski definition) is 1. The smallest absolute Gasteiger partial charge is 0.145 e. The van der Waals surface area contributed by atoms with Crippen LogP contribution in [0.1, 0.15) is 24.0 Å². The van der Waals surface area contributed by atoms with E-state index in [0.717, 1.165) is 21.5 Å². The maximum Gasteiger partial charge on any atom is 0.145 e. The van der Waals surface area contributed by atoms with Crippen molar-refractivity contribution >= 4 is 40.0 Å². The van der Waals surface area contributed by atoms with Crippen LogP contribution in [-0.4, -0.2) is 17.0 Å². The molecule has 0 fully saturated rings. The molecule has 0 aliphatic rings. The first kappa shape index (κ1) is 15.4. The molecular formula is C14H14ClFIN3. The van der Waals surface area contributed by atoms with Crippen LogP contribution in [0.2, 0.25) is 5.02 Å². The Morgan fingerprint density at radius 1 is 1.35 bits per heavy atom. The van der Waals surface area contributed by atoms with Crippen molar-refractivity contribution in [1.29, 1.82) is 0 Å². The average Bonchev–Trinajstić information content (AvgIpc) is 2.45. The summed E-state index contributed by atoms with van der Waals surface area (Å²) in [6.45, 7) is 2.04. The molecule has 0 aliphatic heterocycles. The van der Waals surface area contributed by atoms with Crippen molar-refractivity contribution in [3.8, 4) is 0 Å². The van der Waals surface area contributed by atoms with Crippen LogP contribution >= 0.6 is 34.2 Å². The summed E-state index contributed by atoms with van der Waals surface area (Å²) >= 11 is 8.01. The number of nitrogens with zero attached hydrogens (tertiary/aromatic N) is 2. The van der Waals surface area contributed by atoms with E-state index in [1.54, 1.807) is 12.1 Å². The second kappa shape index (κ2) is 6.67. The van der Waals surface area contributed by atoms with Gasteiger partial charge in [0.1, 0.15) is 17.5 Å². The van der Waals surface area contributed by atoms with E-state index >= 15 is 0 Å². The molecule has 1 N–H and O–H groups in total. The highest BCUT2D eigenvalue weighted by molar-refractivity contribution is 14.1. The van der Waals surface area contributed by atoms with Crippen LogP contribution in [0.15, 0.2) is 18.2 Å². The average molecular weight is 406 g/mol. The molecule has 2 aromatic rings. The molecule has 6 heteroatoms. The van der Waals surface area contributed by atoms with Gasteiger partial charge < -0.3 is 5.32 Å². The standard InChI is InChI=1S/C14H14ClFIN3/c1-3-10-13(17)14(18-2)20-11(19-10)7-8-5-4-6-9(15)12(8)16/h4-6H,3,7H2,1-2H3,(H,18,19,20). The predicted octanol–water partition coefficient (Wildman–Crippen LogP) is 4.07. The number of anilines is 1. The van der Waals surface area contributed by atoms with Crippen LogP contribution in [0.4, 0.5) is 10.2 Å². The van der Waals surface area contributed by atoms with Gasteiger partial charge in [-0.1, -0.05) is 30.7 Å². The van der Waals surface area contributed by atoms with Crippen molar-refractivity contribution in [3.63, 3.8) is 0 Å². The molecule has 0 radical (unpaired) electrons. The topological polar surface area (TPSA) is 37.8 Å². The van der Waals surface area contributed by atoms with Crippen LogP contribution in [0.3, 0.4) is 0 Å². The van der Waals surface area contributed by atoms with Gasteiger partial charge >= 0.3 is 0 Å². The number of aromatic nitrogens is 2. The number of hydrogen-bond acceptors (Lipinski definition) is 3. The minimum absolute atomic E-state index is 0.123. The summed E-state index contributed by atoms with van der Waals surface area (Å²) in [5, 5.41) is 3.17. The lowest BCUT2D eigenvalue weighted by Crippen LogP contribution is -2.08. The first-order valence-corrected chi connectivity index (χ1v) is 7.68. The fourth-order valence-corrected chi connectivity index (χ4v) is 2.97. The van der Waals surface area contributed by atoms with Crippen LogP contribution in [0, 0.1) is 9.39 Å².